The third-order valence-corrected chi connectivity index (χ3v) is 9.56. The first kappa shape index (κ1) is 41.4. The second kappa shape index (κ2) is 20.3. The normalized spacial score (nSPS) is 13.8. The van der Waals surface area contributed by atoms with Crippen molar-refractivity contribution in [2.75, 3.05) is 12.4 Å². The molecule has 4 aromatic rings. The number of carbonyl (C=O) groups excluding carboxylic acids is 3. The van der Waals surface area contributed by atoms with Gasteiger partial charge in [0.05, 0.1) is 24.0 Å². The van der Waals surface area contributed by atoms with Crippen molar-refractivity contribution in [2.45, 2.75) is 32.9 Å². The van der Waals surface area contributed by atoms with Crippen molar-refractivity contribution in [1.82, 2.24) is 10.2 Å². The minimum absolute atomic E-state index is 0.0533. The van der Waals surface area contributed by atoms with Gasteiger partial charge in [0.25, 0.3) is 11.8 Å². The molecule has 0 aromatic heterocycles. The third kappa shape index (κ3) is 10.7. The fourth-order valence-electron chi connectivity index (χ4n) is 5.96. The van der Waals surface area contributed by atoms with Gasteiger partial charge in [-0.05, 0) is 78.9 Å². The number of aliphatic imine (C=N–C) groups is 1. The Labute approximate surface area is 336 Å². The highest BCUT2D eigenvalue weighted by molar-refractivity contribution is 8.14. The first-order valence-electron chi connectivity index (χ1n) is 18.2. The zero-order chi connectivity index (χ0) is 40.7. The maximum atomic E-state index is 14.4. The molecule has 1 aliphatic rings. The van der Waals surface area contributed by atoms with Crippen LogP contribution in [0.25, 0.3) is 6.08 Å². The van der Waals surface area contributed by atoms with E-state index in [1.54, 1.807) is 61.6 Å². The van der Waals surface area contributed by atoms with Crippen molar-refractivity contribution < 1.29 is 33.8 Å². The zero-order valence-corrected chi connectivity index (χ0v) is 32.5. The van der Waals surface area contributed by atoms with Crippen LogP contribution in [0.3, 0.4) is 0 Å². The molecule has 1 aliphatic heterocycles. The van der Waals surface area contributed by atoms with Gasteiger partial charge in [0.2, 0.25) is 5.91 Å². The Kier molecular flexibility index (Phi) is 14.7. The van der Waals surface area contributed by atoms with Gasteiger partial charge in [0.1, 0.15) is 12.2 Å². The van der Waals surface area contributed by atoms with Gasteiger partial charge in [0.15, 0.2) is 16.7 Å². The number of aromatic carboxylic acids is 1. The van der Waals surface area contributed by atoms with Crippen LogP contribution in [0, 0.1) is 0 Å². The molecule has 11 heteroatoms. The maximum Gasteiger partial charge on any atom is 0.335 e. The number of carboxylic acids is 1. The van der Waals surface area contributed by atoms with E-state index in [2.05, 4.69) is 23.5 Å². The Balaban J connectivity index is 1.45. The lowest BCUT2D eigenvalue weighted by molar-refractivity contribution is -0.126. The average molecular weight is 782 g/mol. The number of thioether (sulfide) groups is 1. The lowest BCUT2D eigenvalue weighted by atomic mass is 9.99. The van der Waals surface area contributed by atoms with Crippen molar-refractivity contribution in [3.05, 3.63) is 185 Å². The van der Waals surface area contributed by atoms with Crippen LogP contribution in [-0.4, -0.2) is 51.2 Å². The quantitative estimate of drug-likeness (QED) is 0.0472. The van der Waals surface area contributed by atoms with E-state index in [0.717, 1.165) is 28.5 Å². The number of hydrogen-bond acceptors (Lipinski definition) is 7. The maximum absolute atomic E-state index is 14.4. The Bertz CT molecular complexity index is 2210. The molecule has 0 aliphatic carbocycles. The number of benzene rings is 4. The number of hydrogen-bond donors (Lipinski definition) is 2. The summed E-state index contributed by atoms with van der Waals surface area (Å²) < 4.78 is 12.2. The summed E-state index contributed by atoms with van der Waals surface area (Å²) in [7, 11) is 0. The Morgan fingerprint density at radius 2 is 1.61 bits per heavy atom. The molecule has 5 rings (SSSR count). The molecule has 4 aromatic carbocycles. The lowest BCUT2D eigenvalue weighted by Gasteiger charge is -2.28. The first-order chi connectivity index (χ1) is 27.7. The van der Waals surface area contributed by atoms with Gasteiger partial charge in [-0.2, -0.15) is 4.99 Å². The number of amidine groups is 1. The number of carboxylic acid groups (broad SMARTS) is 1. The summed E-state index contributed by atoms with van der Waals surface area (Å²) in [6, 6.07) is 28.6. The fourth-order valence-corrected chi connectivity index (χ4v) is 6.77. The number of ether oxygens (including phenoxy) is 2. The van der Waals surface area contributed by atoms with Gasteiger partial charge in [0, 0.05) is 11.3 Å². The highest BCUT2D eigenvalue weighted by Crippen LogP contribution is 2.36. The lowest BCUT2D eigenvalue weighted by Crippen LogP contribution is -2.42. The van der Waals surface area contributed by atoms with Crippen molar-refractivity contribution in [1.29, 1.82) is 0 Å². The van der Waals surface area contributed by atoms with E-state index in [1.807, 2.05) is 67.6 Å². The average Bonchev–Trinajstić information content (AvgIpc) is 3.22. The van der Waals surface area contributed by atoms with Crippen LogP contribution in [-0.2, 0) is 27.4 Å². The molecular formula is C46H43N3O7S. The van der Waals surface area contributed by atoms with Crippen molar-refractivity contribution >= 4 is 46.7 Å². The summed E-state index contributed by atoms with van der Waals surface area (Å²) in [4.78, 5) is 58.5. The largest absolute Gasteiger partial charge is 0.490 e. The smallest absolute Gasteiger partial charge is 0.335 e. The van der Waals surface area contributed by atoms with E-state index in [9.17, 15) is 24.3 Å². The minimum Gasteiger partial charge on any atom is -0.490 e. The van der Waals surface area contributed by atoms with E-state index < -0.39 is 23.8 Å². The standard InChI is InChI=1S/C46H43N3O7S/c1-5-9-21-37(7-3)49-44(52)38(43(51)48-46(49)57-30-40(50)47-41(33-17-12-10-13-18-33)34-19-14-11-15-20-34)27-32-26-36(16-6-2)42(39(28-32)55-8-4)56-29-31-22-24-35(25-23-31)45(53)54/h5-7,9-15,17-28,41H,1-2,8,16,29-30H2,3-4H3,(H,47,50)(H,53,54)/b21-9-,37-7+,38-27+. The molecular weight excluding hydrogens is 739 g/mol. The highest BCUT2D eigenvalue weighted by atomic mass is 32.2. The topological polar surface area (TPSA) is 135 Å². The monoisotopic (exact) mass is 781 g/mol. The predicted molar refractivity (Wildman–Crippen MR) is 225 cm³/mol. The Morgan fingerprint density at radius 3 is 2.19 bits per heavy atom. The van der Waals surface area contributed by atoms with Crippen molar-refractivity contribution in [2.24, 2.45) is 4.99 Å². The van der Waals surface area contributed by atoms with Crippen LogP contribution in [0.4, 0.5) is 0 Å². The SMILES string of the molecule is C=C/C=C\C(=C/C)N1C(=O)/C(=C/c2cc(CC=C)c(OCc3ccc(C(=O)O)cc3)c(OCC)c2)C(=O)N=C1SCC(=O)NC(c1ccccc1)c1ccccc1. The van der Waals surface area contributed by atoms with Gasteiger partial charge in [-0.25, -0.2) is 4.79 Å². The Hall–Kier alpha value is -6.72. The fraction of sp³-hybridized carbons (Fsp3) is 0.152. The van der Waals surface area contributed by atoms with Gasteiger partial charge < -0.3 is 19.9 Å². The molecule has 0 atom stereocenters. The van der Waals surface area contributed by atoms with E-state index in [-0.39, 0.29) is 34.6 Å². The molecule has 0 bridgehead atoms. The second-order valence-corrected chi connectivity index (χ2v) is 13.5. The number of carbonyl (C=O) groups is 4. The molecule has 2 N–H and O–H groups in total. The van der Waals surface area contributed by atoms with Crippen LogP contribution in [0.1, 0.15) is 58.1 Å². The molecule has 0 saturated heterocycles. The van der Waals surface area contributed by atoms with Crippen molar-refractivity contribution in [3.8, 4) is 11.5 Å². The molecule has 0 saturated carbocycles. The number of amides is 3. The van der Waals surface area contributed by atoms with Gasteiger partial charge >= 0.3 is 5.97 Å². The molecule has 0 fully saturated rings. The van der Waals surface area contributed by atoms with Crippen LogP contribution in [0.15, 0.2) is 157 Å². The molecule has 3 amide bonds. The molecule has 0 unspecified atom stereocenters. The van der Waals surface area contributed by atoms with E-state index in [0.29, 0.717) is 41.4 Å². The van der Waals surface area contributed by atoms with E-state index in [1.165, 1.54) is 23.1 Å². The summed E-state index contributed by atoms with van der Waals surface area (Å²) in [6.07, 6.45) is 10.2. The number of allylic oxidation sites excluding steroid dienone is 5. The number of nitrogens with one attached hydrogen (secondary N) is 1. The minimum atomic E-state index is -1.02. The summed E-state index contributed by atoms with van der Waals surface area (Å²) in [6.45, 7) is 11.6. The first-order valence-corrected chi connectivity index (χ1v) is 19.2. The molecule has 57 heavy (non-hydrogen) atoms. The van der Waals surface area contributed by atoms with E-state index in [4.69, 9.17) is 9.47 Å². The Morgan fingerprint density at radius 1 is 0.947 bits per heavy atom. The third-order valence-electron chi connectivity index (χ3n) is 8.63. The van der Waals surface area contributed by atoms with Crippen molar-refractivity contribution in [3.63, 3.8) is 0 Å². The van der Waals surface area contributed by atoms with Crippen LogP contribution < -0.4 is 14.8 Å². The number of nitrogens with zero attached hydrogens (tertiary/aromatic N) is 2. The summed E-state index contributed by atoms with van der Waals surface area (Å²) in [5, 5.41) is 12.4. The molecule has 290 valence electrons. The summed E-state index contributed by atoms with van der Waals surface area (Å²) in [5.41, 5.74) is 4.14. The molecule has 1 heterocycles. The van der Waals surface area contributed by atoms with Crippen LogP contribution >= 0.6 is 11.8 Å². The predicted octanol–water partition coefficient (Wildman–Crippen LogP) is 8.48. The van der Waals surface area contributed by atoms with Gasteiger partial charge in [-0.15, -0.1) is 6.58 Å². The van der Waals surface area contributed by atoms with Crippen LogP contribution in [0.2, 0.25) is 0 Å². The second-order valence-electron chi connectivity index (χ2n) is 12.5. The highest BCUT2D eigenvalue weighted by Gasteiger charge is 2.35. The van der Waals surface area contributed by atoms with Gasteiger partial charge in [-0.1, -0.05) is 115 Å². The molecule has 0 radical (unpaired) electrons. The summed E-state index contributed by atoms with van der Waals surface area (Å²) >= 11 is 0.982. The summed E-state index contributed by atoms with van der Waals surface area (Å²) in [5.74, 6) is -2.01. The van der Waals surface area contributed by atoms with E-state index >= 15 is 0 Å². The molecule has 0 spiro atoms. The number of rotatable bonds is 17. The zero-order valence-electron chi connectivity index (χ0n) is 31.7. The van der Waals surface area contributed by atoms with Gasteiger partial charge in [-0.3, -0.25) is 19.3 Å². The molecule has 10 nitrogen and oxygen atoms in total. The van der Waals surface area contributed by atoms with Crippen LogP contribution in [0.5, 0.6) is 11.5 Å².